The van der Waals surface area contributed by atoms with Crippen LogP contribution in [0.5, 0.6) is 0 Å². The topological polar surface area (TPSA) is 75.4 Å². The molecule has 90 valence electrons. The van der Waals surface area contributed by atoms with Gasteiger partial charge in [0.2, 0.25) is 5.91 Å². The maximum Gasteiger partial charge on any atom is 0.237 e. The normalized spacial score (nSPS) is 15.1. The van der Waals surface area contributed by atoms with Crippen LogP contribution in [0.1, 0.15) is 40.0 Å². The van der Waals surface area contributed by atoms with Gasteiger partial charge in [0.25, 0.3) is 0 Å². The van der Waals surface area contributed by atoms with Gasteiger partial charge in [-0.3, -0.25) is 4.79 Å². The predicted octanol–water partition coefficient (Wildman–Crippen LogP) is 0.637. The molecule has 0 bridgehead atoms. The zero-order chi connectivity index (χ0) is 11.8. The first-order chi connectivity index (χ1) is 6.97. The molecule has 0 radical (unpaired) electrons. The van der Waals surface area contributed by atoms with E-state index >= 15 is 0 Å². The van der Waals surface area contributed by atoms with Crippen LogP contribution in [-0.4, -0.2) is 29.7 Å². The second-order valence-corrected chi connectivity index (χ2v) is 4.42. The molecule has 0 aliphatic carbocycles. The number of hydrogen-bond acceptors (Lipinski definition) is 3. The van der Waals surface area contributed by atoms with Crippen molar-refractivity contribution in [2.75, 3.05) is 6.54 Å². The fourth-order valence-electron chi connectivity index (χ4n) is 1.42. The lowest BCUT2D eigenvalue weighted by Gasteiger charge is -2.16. The van der Waals surface area contributed by atoms with Crippen LogP contribution in [0.25, 0.3) is 0 Å². The maximum atomic E-state index is 11.4. The molecule has 4 N–H and O–H groups in total. The van der Waals surface area contributed by atoms with Crippen molar-refractivity contribution in [3.63, 3.8) is 0 Å². The Morgan fingerprint density at radius 2 is 2.07 bits per heavy atom. The molecule has 0 rings (SSSR count). The monoisotopic (exact) mass is 216 g/mol. The second-order valence-electron chi connectivity index (χ2n) is 4.42. The fourth-order valence-corrected chi connectivity index (χ4v) is 1.42. The molecule has 4 nitrogen and oxygen atoms in total. The van der Waals surface area contributed by atoms with Crippen LogP contribution >= 0.6 is 0 Å². The minimum absolute atomic E-state index is 0.167. The van der Waals surface area contributed by atoms with Crippen LogP contribution in [0.15, 0.2) is 0 Å². The van der Waals surface area contributed by atoms with E-state index in [0.29, 0.717) is 25.3 Å². The Kier molecular flexibility index (Phi) is 7.34. The summed E-state index contributed by atoms with van der Waals surface area (Å²) in [7, 11) is 0. The number of rotatable bonds is 7. The lowest BCUT2D eigenvalue weighted by molar-refractivity contribution is -0.123. The quantitative estimate of drug-likeness (QED) is 0.584. The third kappa shape index (κ3) is 7.33. The predicted molar refractivity (Wildman–Crippen MR) is 61.4 cm³/mol. The summed E-state index contributed by atoms with van der Waals surface area (Å²) in [6, 6.07) is -0.443. The number of nitrogens with one attached hydrogen (secondary N) is 1. The van der Waals surface area contributed by atoms with E-state index in [0.717, 1.165) is 6.42 Å². The zero-order valence-electron chi connectivity index (χ0n) is 9.99. The number of carbonyl (C=O) groups is 1. The van der Waals surface area contributed by atoms with Crippen LogP contribution < -0.4 is 11.1 Å². The Morgan fingerprint density at radius 1 is 1.47 bits per heavy atom. The molecule has 0 aromatic carbocycles. The molecule has 0 aromatic rings. The molecule has 4 heteroatoms. The molecule has 0 saturated heterocycles. The molecule has 0 aliphatic rings. The lowest BCUT2D eigenvalue weighted by Crippen LogP contribution is -2.43. The number of carbonyl (C=O) groups excluding carboxylic acids is 1. The Labute approximate surface area is 92.2 Å². The minimum atomic E-state index is -0.470. The molecule has 0 saturated carbocycles. The van der Waals surface area contributed by atoms with Gasteiger partial charge in [-0.2, -0.15) is 0 Å². The van der Waals surface area contributed by atoms with E-state index in [-0.39, 0.29) is 5.91 Å². The molecule has 15 heavy (non-hydrogen) atoms. The lowest BCUT2D eigenvalue weighted by atomic mass is 10.1. The number of aliphatic hydroxyl groups excluding tert-OH is 1. The van der Waals surface area contributed by atoms with Crippen molar-refractivity contribution in [1.82, 2.24) is 5.32 Å². The average Bonchev–Trinajstić information content (AvgIpc) is 2.13. The highest BCUT2D eigenvalue weighted by molar-refractivity contribution is 5.81. The Morgan fingerprint density at radius 3 is 2.53 bits per heavy atom. The van der Waals surface area contributed by atoms with Crippen molar-refractivity contribution in [3.05, 3.63) is 0 Å². The van der Waals surface area contributed by atoms with Gasteiger partial charge in [-0.25, -0.2) is 0 Å². The van der Waals surface area contributed by atoms with Gasteiger partial charge in [0.1, 0.15) is 0 Å². The third-order valence-electron chi connectivity index (χ3n) is 2.19. The largest absolute Gasteiger partial charge is 0.391 e. The summed E-state index contributed by atoms with van der Waals surface area (Å²) in [4.78, 5) is 11.4. The highest BCUT2D eigenvalue weighted by atomic mass is 16.3. The Balaban J connectivity index is 3.70. The SMILES string of the molecule is CCC[C@@H](N)C(=O)NCC(O)CC(C)C. The summed E-state index contributed by atoms with van der Waals surface area (Å²) in [6.45, 7) is 6.36. The molecule has 0 aromatic heterocycles. The average molecular weight is 216 g/mol. The fraction of sp³-hybridized carbons (Fsp3) is 0.909. The summed E-state index contributed by atoms with van der Waals surface area (Å²) in [6.07, 6.45) is 1.81. The molecular formula is C11H24N2O2. The standard InChI is InChI=1S/C11H24N2O2/c1-4-5-10(12)11(15)13-7-9(14)6-8(2)3/h8-10,14H,4-7,12H2,1-3H3,(H,13,15)/t9?,10-/m1/s1. The second kappa shape index (κ2) is 7.65. The van der Waals surface area contributed by atoms with Gasteiger partial charge in [0.15, 0.2) is 0 Å². The molecule has 0 fully saturated rings. The van der Waals surface area contributed by atoms with E-state index in [1.807, 2.05) is 20.8 Å². The van der Waals surface area contributed by atoms with Crippen LogP contribution in [0, 0.1) is 5.92 Å². The van der Waals surface area contributed by atoms with E-state index in [1.54, 1.807) is 0 Å². The van der Waals surface area contributed by atoms with Gasteiger partial charge in [-0.15, -0.1) is 0 Å². The van der Waals surface area contributed by atoms with Crippen LogP contribution in [-0.2, 0) is 4.79 Å². The van der Waals surface area contributed by atoms with Crippen LogP contribution in [0.4, 0.5) is 0 Å². The van der Waals surface area contributed by atoms with E-state index in [4.69, 9.17) is 5.73 Å². The summed E-state index contributed by atoms with van der Waals surface area (Å²) < 4.78 is 0. The smallest absolute Gasteiger partial charge is 0.237 e. The summed E-state index contributed by atoms with van der Waals surface area (Å²) in [5.41, 5.74) is 5.62. The van der Waals surface area contributed by atoms with Crippen molar-refractivity contribution >= 4 is 5.91 Å². The van der Waals surface area contributed by atoms with E-state index in [1.165, 1.54) is 0 Å². The first-order valence-corrected chi connectivity index (χ1v) is 5.68. The summed E-state index contributed by atoms with van der Waals surface area (Å²) in [5, 5.41) is 12.2. The van der Waals surface area contributed by atoms with Gasteiger partial charge in [-0.1, -0.05) is 27.2 Å². The third-order valence-corrected chi connectivity index (χ3v) is 2.19. The van der Waals surface area contributed by atoms with Crippen molar-refractivity contribution in [2.24, 2.45) is 11.7 Å². The Hall–Kier alpha value is -0.610. The highest BCUT2D eigenvalue weighted by Crippen LogP contribution is 2.03. The van der Waals surface area contributed by atoms with Crippen molar-refractivity contribution in [1.29, 1.82) is 0 Å². The van der Waals surface area contributed by atoms with Crippen LogP contribution in [0.2, 0.25) is 0 Å². The van der Waals surface area contributed by atoms with Gasteiger partial charge < -0.3 is 16.2 Å². The number of hydrogen-bond donors (Lipinski definition) is 3. The van der Waals surface area contributed by atoms with Crippen molar-refractivity contribution < 1.29 is 9.90 Å². The molecule has 0 aliphatic heterocycles. The summed E-state index contributed by atoms with van der Waals surface area (Å²) in [5.74, 6) is 0.265. The number of amides is 1. The van der Waals surface area contributed by atoms with E-state index in [9.17, 15) is 9.90 Å². The van der Waals surface area contributed by atoms with Gasteiger partial charge in [-0.05, 0) is 18.8 Å². The molecule has 2 atom stereocenters. The van der Waals surface area contributed by atoms with Crippen molar-refractivity contribution in [2.45, 2.75) is 52.2 Å². The number of aliphatic hydroxyl groups is 1. The molecule has 1 unspecified atom stereocenters. The first kappa shape index (κ1) is 14.4. The van der Waals surface area contributed by atoms with E-state index < -0.39 is 12.1 Å². The molecule has 1 amide bonds. The summed E-state index contributed by atoms with van der Waals surface area (Å²) >= 11 is 0. The van der Waals surface area contributed by atoms with Gasteiger partial charge >= 0.3 is 0 Å². The maximum absolute atomic E-state index is 11.4. The van der Waals surface area contributed by atoms with Gasteiger partial charge in [0.05, 0.1) is 12.1 Å². The molecule has 0 spiro atoms. The van der Waals surface area contributed by atoms with Gasteiger partial charge in [0, 0.05) is 6.54 Å². The minimum Gasteiger partial charge on any atom is -0.391 e. The van der Waals surface area contributed by atoms with Crippen LogP contribution in [0.3, 0.4) is 0 Å². The number of nitrogens with two attached hydrogens (primary N) is 1. The zero-order valence-corrected chi connectivity index (χ0v) is 9.99. The molecular weight excluding hydrogens is 192 g/mol. The first-order valence-electron chi connectivity index (χ1n) is 5.68. The Bertz CT molecular complexity index is 183. The highest BCUT2D eigenvalue weighted by Gasteiger charge is 2.13. The van der Waals surface area contributed by atoms with Crippen molar-refractivity contribution in [3.8, 4) is 0 Å². The molecule has 0 heterocycles. The van der Waals surface area contributed by atoms with E-state index in [2.05, 4.69) is 5.32 Å².